The van der Waals surface area contributed by atoms with Crippen molar-refractivity contribution in [3.63, 3.8) is 0 Å². The van der Waals surface area contributed by atoms with Gasteiger partial charge < -0.3 is 9.32 Å². The monoisotopic (exact) mass is 597 g/mol. The minimum Gasteiger partial charge on any atom is -0.438 e. The maximum absolute atomic E-state index is 6.29. The Morgan fingerprint density at radius 3 is 2.22 bits per heavy atom. The third-order valence-corrected chi connectivity index (χ3v) is 9.64. The van der Waals surface area contributed by atoms with Crippen LogP contribution in [0.1, 0.15) is 88.2 Å². The Hall–Kier alpha value is -4.58. The number of para-hydroxylation sites is 3. The molecule has 1 aliphatic heterocycles. The van der Waals surface area contributed by atoms with Gasteiger partial charge in [0, 0.05) is 28.9 Å². The zero-order valence-electron chi connectivity index (χ0n) is 27.9. The van der Waals surface area contributed by atoms with Gasteiger partial charge in [-0.1, -0.05) is 64.1 Å². The van der Waals surface area contributed by atoms with Gasteiger partial charge in [0.05, 0.1) is 22.3 Å². The molecular weight excluding hydrogens is 554 g/mol. The van der Waals surface area contributed by atoms with E-state index in [-0.39, 0.29) is 11.7 Å². The van der Waals surface area contributed by atoms with Crippen LogP contribution in [0.4, 0.5) is 5.95 Å². The molecule has 45 heavy (non-hydrogen) atoms. The minimum absolute atomic E-state index is 0.00235. The van der Waals surface area contributed by atoms with E-state index in [0.29, 0.717) is 17.5 Å². The lowest BCUT2D eigenvalue weighted by molar-refractivity contribution is 0.153. The number of pyridine rings is 1. The van der Waals surface area contributed by atoms with Crippen LogP contribution in [0.25, 0.3) is 38.8 Å². The van der Waals surface area contributed by atoms with Crippen LogP contribution < -0.4 is 4.90 Å². The number of hydrogen-bond donors (Lipinski definition) is 0. The first-order chi connectivity index (χ1) is 21.5. The molecule has 1 unspecified atom stereocenters. The Morgan fingerprint density at radius 2 is 1.51 bits per heavy atom. The highest BCUT2D eigenvalue weighted by molar-refractivity contribution is 6.06. The summed E-state index contributed by atoms with van der Waals surface area (Å²) in [5, 5.41) is 2.20. The van der Waals surface area contributed by atoms with Crippen LogP contribution in [-0.4, -0.2) is 25.6 Å². The van der Waals surface area contributed by atoms with Crippen LogP contribution >= 0.6 is 0 Å². The molecule has 0 saturated heterocycles. The van der Waals surface area contributed by atoms with Gasteiger partial charge in [0.25, 0.3) is 0 Å². The Bertz CT molecular complexity index is 2090. The van der Waals surface area contributed by atoms with E-state index in [2.05, 4.69) is 149 Å². The van der Waals surface area contributed by atoms with Crippen LogP contribution in [0.2, 0.25) is 0 Å². The number of aromatic nitrogens is 3. The highest BCUT2D eigenvalue weighted by Crippen LogP contribution is 2.44. The van der Waals surface area contributed by atoms with Gasteiger partial charge in [0.1, 0.15) is 11.7 Å². The second-order valence-electron chi connectivity index (χ2n) is 13.7. The molecule has 3 aromatic heterocycles. The number of benzene rings is 3. The van der Waals surface area contributed by atoms with Gasteiger partial charge in [0.15, 0.2) is 0 Å². The van der Waals surface area contributed by atoms with Crippen molar-refractivity contribution in [2.75, 3.05) is 4.90 Å². The number of anilines is 1. The average Bonchev–Trinajstić information content (AvgIpc) is 3.68. The van der Waals surface area contributed by atoms with Crippen molar-refractivity contribution in [3.8, 4) is 5.69 Å². The second kappa shape index (κ2) is 10.5. The number of hydrogen-bond acceptors (Lipinski definition) is 5. The van der Waals surface area contributed by atoms with E-state index < -0.39 is 0 Å². The van der Waals surface area contributed by atoms with Crippen molar-refractivity contribution in [2.45, 2.75) is 85.9 Å². The summed E-state index contributed by atoms with van der Waals surface area (Å²) in [6, 6.07) is 23.7. The molecule has 6 heteroatoms. The van der Waals surface area contributed by atoms with Crippen molar-refractivity contribution < 1.29 is 4.42 Å². The average molecular weight is 598 g/mol. The maximum atomic E-state index is 6.29. The molecule has 230 valence electrons. The lowest BCUT2D eigenvalue weighted by atomic mass is 9.85. The third kappa shape index (κ3) is 4.45. The summed E-state index contributed by atoms with van der Waals surface area (Å²) < 4.78 is 8.70. The van der Waals surface area contributed by atoms with Crippen LogP contribution in [-0.2, 0) is 5.54 Å². The van der Waals surface area contributed by atoms with Gasteiger partial charge in [0.2, 0.25) is 11.7 Å². The fourth-order valence-electron chi connectivity index (χ4n) is 7.45. The summed E-state index contributed by atoms with van der Waals surface area (Å²) in [5.41, 5.74) is 10.7. The van der Waals surface area contributed by atoms with E-state index >= 15 is 0 Å². The van der Waals surface area contributed by atoms with Gasteiger partial charge in [-0.3, -0.25) is 9.47 Å². The molecule has 6 nitrogen and oxygen atoms in total. The van der Waals surface area contributed by atoms with E-state index in [1.165, 1.54) is 27.9 Å². The quantitative estimate of drug-likeness (QED) is 0.191. The van der Waals surface area contributed by atoms with Crippen molar-refractivity contribution in [1.82, 2.24) is 19.4 Å². The molecule has 0 radical (unpaired) electrons. The molecule has 7 rings (SSSR count). The fraction of sp³-hybridized carbons (Fsp3) is 0.333. The zero-order chi connectivity index (χ0) is 31.8. The topological polar surface area (TPSA) is 50.3 Å². The Balaban J connectivity index is 1.39. The molecule has 0 fully saturated rings. The maximum Gasteiger partial charge on any atom is 0.227 e. The van der Waals surface area contributed by atoms with Crippen molar-refractivity contribution in [3.05, 3.63) is 107 Å². The zero-order valence-corrected chi connectivity index (χ0v) is 27.9. The Kier molecular flexibility index (Phi) is 6.81. The molecule has 0 spiro atoms. The molecule has 0 N–H and O–H groups in total. The summed E-state index contributed by atoms with van der Waals surface area (Å²) in [6.07, 6.45) is 4.43. The molecule has 1 aliphatic rings. The van der Waals surface area contributed by atoms with E-state index in [4.69, 9.17) is 14.4 Å². The summed E-state index contributed by atoms with van der Waals surface area (Å²) >= 11 is 0. The summed E-state index contributed by atoms with van der Waals surface area (Å²) in [5.74, 6) is 1.65. The van der Waals surface area contributed by atoms with E-state index in [1.807, 2.05) is 6.92 Å². The van der Waals surface area contributed by atoms with Crippen LogP contribution in [0.5, 0.6) is 0 Å². The lowest BCUT2D eigenvalue weighted by Crippen LogP contribution is -2.47. The molecule has 6 aromatic rings. The largest absolute Gasteiger partial charge is 0.438 e. The smallest absolute Gasteiger partial charge is 0.227 e. The number of rotatable bonds is 6. The molecule has 3 aromatic carbocycles. The first kappa shape index (κ1) is 29.1. The normalized spacial score (nSPS) is 15.7. The molecular formula is C39H43N5O. The lowest BCUT2D eigenvalue weighted by Gasteiger charge is -2.42. The number of imidazole rings is 1. The predicted molar refractivity (Wildman–Crippen MR) is 186 cm³/mol. The molecule has 0 saturated carbocycles. The van der Waals surface area contributed by atoms with Gasteiger partial charge in [-0.2, -0.15) is 0 Å². The standard InChI is InChI=1S/C39H43N5O/c1-23(2)28-13-12-14-29(24(3)4)36(28)44-32-16-11-10-15-31(32)41-38(44)42-21-22-43(27(42)7)39(8,9)35-25(5)17-20-33-34(35)30-19-18-26(6)40-37(30)45-33/h10-24,27H,1-9H3. The van der Waals surface area contributed by atoms with Crippen LogP contribution in [0.3, 0.4) is 0 Å². The van der Waals surface area contributed by atoms with Crippen LogP contribution in [0.15, 0.2) is 83.5 Å². The summed E-state index contributed by atoms with van der Waals surface area (Å²) in [6.45, 7) is 20.2. The van der Waals surface area contributed by atoms with Crippen molar-refractivity contribution in [1.29, 1.82) is 0 Å². The minimum atomic E-state index is -0.369. The molecule has 0 bridgehead atoms. The van der Waals surface area contributed by atoms with Crippen molar-refractivity contribution in [2.24, 2.45) is 0 Å². The SMILES string of the molecule is Cc1ccc2c(n1)oc1ccc(C)c(C(C)(C)N3C=CN(c4nc5ccccc5n4-c4c(C(C)C)cccc4C(C)C)C3C)c12. The van der Waals surface area contributed by atoms with Crippen molar-refractivity contribution >= 4 is 39.1 Å². The third-order valence-electron chi connectivity index (χ3n) is 9.64. The number of fused-ring (bicyclic) bond motifs is 4. The first-order valence-electron chi connectivity index (χ1n) is 16.1. The highest BCUT2D eigenvalue weighted by atomic mass is 16.3. The van der Waals surface area contributed by atoms with Gasteiger partial charge in [-0.05, 0) is 99.0 Å². The molecule has 0 aliphatic carbocycles. The predicted octanol–water partition coefficient (Wildman–Crippen LogP) is 10.1. The van der Waals surface area contributed by atoms with E-state index in [1.54, 1.807) is 0 Å². The summed E-state index contributed by atoms with van der Waals surface area (Å²) in [7, 11) is 0. The van der Waals surface area contributed by atoms with Gasteiger partial charge in [-0.15, -0.1) is 0 Å². The van der Waals surface area contributed by atoms with Gasteiger partial charge >= 0.3 is 0 Å². The number of furan rings is 1. The highest BCUT2D eigenvalue weighted by Gasteiger charge is 2.40. The van der Waals surface area contributed by atoms with Crippen LogP contribution in [0, 0.1) is 13.8 Å². The Labute approximate surface area is 266 Å². The molecule has 0 amide bonds. The molecule has 4 heterocycles. The first-order valence-corrected chi connectivity index (χ1v) is 16.1. The fourth-order valence-corrected chi connectivity index (χ4v) is 7.45. The molecule has 1 atom stereocenters. The number of nitrogens with zero attached hydrogens (tertiary/aromatic N) is 5. The number of aryl methyl sites for hydroxylation is 2. The van der Waals surface area contributed by atoms with E-state index in [0.717, 1.165) is 39.0 Å². The second-order valence-corrected chi connectivity index (χ2v) is 13.7. The Morgan fingerprint density at radius 1 is 0.800 bits per heavy atom. The summed E-state index contributed by atoms with van der Waals surface area (Å²) in [4.78, 5) is 14.8. The van der Waals surface area contributed by atoms with Gasteiger partial charge in [-0.25, -0.2) is 9.97 Å². The van der Waals surface area contributed by atoms with E-state index in [9.17, 15) is 0 Å².